The minimum absolute atomic E-state index is 0.334. The number of hydrogen-bond donors (Lipinski definition) is 0. The van der Waals surface area contributed by atoms with Gasteiger partial charge in [0.15, 0.2) is 0 Å². The predicted octanol–water partition coefficient (Wildman–Crippen LogP) is 5.72. The molecule has 2 heteroatoms. The van der Waals surface area contributed by atoms with Crippen LogP contribution >= 0.6 is 0 Å². The van der Waals surface area contributed by atoms with Crippen LogP contribution in [0.5, 0.6) is 0 Å². The lowest BCUT2D eigenvalue weighted by molar-refractivity contribution is -0.113. The molecule has 0 aliphatic heterocycles. The van der Waals surface area contributed by atoms with Gasteiger partial charge in [0.05, 0.1) is 5.41 Å². The van der Waals surface area contributed by atoms with Gasteiger partial charge >= 0.3 is 0 Å². The van der Waals surface area contributed by atoms with Crippen LogP contribution in [0.25, 0.3) is 11.1 Å². The van der Waals surface area contributed by atoms with Gasteiger partial charge in [-0.25, -0.2) is 0 Å². The monoisotopic (exact) mass is 367 g/mol. The molecule has 0 saturated heterocycles. The van der Waals surface area contributed by atoms with Crippen LogP contribution in [0.1, 0.15) is 54.4 Å². The number of benzene rings is 2. The molecule has 5 rings (SSSR count). The maximum absolute atomic E-state index is 13.0. The molecule has 2 aliphatic rings. The third-order valence-electron chi connectivity index (χ3n) is 6.86. The van der Waals surface area contributed by atoms with Crippen molar-refractivity contribution in [3.05, 3.63) is 89.2 Å². The summed E-state index contributed by atoms with van der Waals surface area (Å²) in [6, 6.07) is 19.3. The third kappa shape index (κ3) is 2.55. The summed E-state index contributed by atoms with van der Waals surface area (Å²) >= 11 is 0. The van der Waals surface area contributed by atoms with E-state index in [0.717, 1.165) is 24.8 Å². The van der Waals surface area contributed by atoms with Crippen molar-refractivity contribution >= 4 is 6.29 Å². The molecule has 140 valence electrons. The van der Waals surface area contributed by atoms with E-state index in [4.69, 9.17) is 0 Å². The second-order valence-corrected chi connectivity index (χ2v) is 8.23. The van der Waals surface area contributed by atoms with Crippen molar-refractivity contribution in [1.82, 2.24) is 4.98 Å². The van der Waals surface area contributed by atoms with Crippen molar-refractivity contribution < 1.29 is 4.79 Å². The van der Waals surface area contributed by atoms with Crippen LogP contribution in [0, 0.1) is 5.92 Å². The van der Waals surface area contributed by atoms with Gasteiger partial charge in [-0.05, 0) is 70.7 Å². The fourth-order valence-corrected chi connectivity index (χ4v) is 5.56. The number of pyridine rings is 1. The summed E-state index contributed by atoms with van der Waals surface area (Å²) in [5, 5.41) is 0. The summed E-state index contributed by atoms with van der Waals surface area (Å²) in [4.78, 5) is 17.2. The molecule has 28 heavy (non-hydrogen) atoms. The average molecular weight is 367 g/mol. The molecule has 1 saturated carbocycles. The fraction of sp³-hybridized carbons (Fsp3) is 0.308. The standard InChI is InChI=1S/C26H25NO/c28-18-26(21-9-2-1-3-10-21,22-13-15-27-16-14-22)24-12-6-8-20-17-19-7-4-5-11-23(19)25(20)24/h4-8,11-16,18,21H,1-3,9-10,17H2. The zero-order valence-corrected chi connectivity index (χ0v) is 16.1. The molecule has 1 fully saturated rings. The Balaban J connectivity index is 1.79. The molecule has 3 aromatic rings. The molecule has 0 N–H and O–H groups in total. The highest BCUT2D eigenvalue weighted by Gasteiger charge is 2.44. The topological polar surface area (TPSA) is 30.0 Å². The second kappa shape index (κ2) is 7.01. The Labute approximate surface area is 166 Å². The van der Waals surface area contributed by atoms with Crippen LogP contribution in [-0.4, -0.2) is 11.3 Å². The number of carbonyl (C=O) groups is 1. The Morgan fingerprint density at radius 2 is 1.61 bits per heavy atom. The molecule has 1 heterocycles. The number of aldehydes is 1. The molecule has 2 aliphatic carbocycles. The molecule has 0 amide bonds. The van der Waals surface area contributed by atoms with Gasteiger partial charge in [0.2, 0.25) is 0 Å². The number of carbonyl (C=O) groups excluding carboxylic acids is 1. The summed E-state index contributed by atoms with van der Waals surface area (Å²) in [5.74, 6) is 0.334. The molecule has 1 atom stereocenters. The quantitative estimate of drug-likeness (QED) is 0.432. The molecule has 1 aromatic heterocycles. The Bertz CT molecular complexity index is 1000. The van der Waals surface area contributed by atoms with E-state index in [1.807, 2.05) is 24.5 Å². The van der Waals surface area contributed by atoms with E-state index in [0.29, 0.717) is 5.92 Å². The van der Waals surface area contributed by atoms with Gasteiger partial charge in [-0.15, -0.1) is 0 Å². The maximum Gasteiger partial charge on any atom is 0.135 e. The highest BCUT2D eigenvalue weighted by molar-refractivity contribution is 5.87. The average Bonchev–Trinajstić information content (AvgIpc) is 3.15. The van der Waals surface area contributed by atoms with Crippen LogP contribution in [0.15, 0.2) is 67.0 Å². The van der Waals surface area contributed by atoms with E-state index >= 15 is 0 Å². The first kappa shape index (κ1) is 17.4. The molecule has 0 radical (unpaired) electrons. The summed E-state index contributed by atoms with van der Waals surface area (Å²) in [6.45, 7) is 0. The van der Waals surface area contributed by atoms with E-state index < -0.39 is 5.41 Å². The number of aromatic nitrogens is 1. The summed E-state index contributed by atoms with van der Waals surface area (Å²) in [5.41, 5.74) is 6.95. The van der Waals surface area contributed by atoms with Crippen LogP contribution in [0.3, 0.4) is 0 Å². The van der Waals surface area contributed by atoms with Gasteiger partial charge in [-0.3, -0.25) is 4.98 Å². The number of hydrogen-bond acceptors (Lipinski definition) is 2. The van der Waals surface area contributed by atoms with Crippen LogP contribution < -0.4 is 0 Å². The maximum atomic E-state index is 13.0. The lowest BCUT2D eigenvalue weighted by Crippen LogP contribution is -2.40. The number of nitrogens with zero attached hydrogens (tertiary/aromatic N) is 1. The molecule has 0 spiro atoms. The van der Waals surface area contributed by atoms with Crippen LogP contribution in [0.2, 0.25) is 0 Å². The summed E-state index contributed by atoms with van der Waals surface area (Å²) in [6.07, 6.45) is 11.7. The smallest absolute Gasteiger partial charge is 0.135 e. The lowest BCUT2D eigenvalue weighted by Gasteiger charge is -2.40. The van der Waals surface area contributed by atoms with Gasteiger partial charge in [0.1, 0.15) is 6.29 Å². The van der Waals surface area contributed by atoms with E-state index in [9.17, 15) is 4.79 Å². The van der Waals surface area contributed by atoms with E-state index in [2.05, 4.69) is 47.4 Å². The largest absolute Gasteiger partial charge is 0.302 e. The Hall–Kier alpha value is -2.74. The molecular formula is C26H25NO. The van der Waals surface area contributed by atoms with E-state index in [1.54, 1.807) is 0 Å². The van der Waals surface area contributed by atoms with E-state index in [-0.39, 0.29) is 0 Å². The first-order chi connectivity index (χ1) is 13.8. The zero-order valence-electron chi connectivity index (χ0n) is 16.1. The van der Waals surface area contributed by atoms with Crippen molar-refractivity contribution in [2.24, 2.45) is 5.92 Å². The highest BCUT2D eigenvalue weighted by atomic mass is 16.1. The summed E-state index contributed by atoms with van der Waals surface area (Å²) < 4.78 is 0. The number of fused-ring (bicyclic) bond motifs is 3. The molecular weight excluding hydrogens is 342 g/mol. The van der Waals surface area contributed by atoms with Crippen molar-refractivity contribution in [3.63, 3.8) is 0 Å². The van der Waals surface area contributed by atoms with Crippen molar-refractivity contribution in [3.8, 4) is 11.1 Å². The minimum Gasteiger partial charge on any atom is -0.302 e. The molecule has 2 nitrogen and oxygen atoms in total. The van der Waals surface area contributed by atoms with Gasteiger partial charge in [-0.2, -0.15) is 0 Å². The van der Waals surface area contributed by atoms with Crippen molar-refractivity contribution in [2.45, 2.75) is 43.9 Å². The third-order valence-corrected chi connectivity index (χ3v) is 6.86. The van der Waals surface area contributed by atoms with E-state index in [1.165, 1.54) is 53.4 Å². The molecule has 1 unspecified atom stereocenters. The lowest BCUT2D eigenvalue weighted by atomic mass is 9.61. The van der Waals surface area contributed by atoms with Gasteiger partial charge in [-0.1, -0.05) is 61.7 Å². The first-order valence-electron chi connectivity index (χ1n) is 10.4. The first-order valence-corrected chi connectivity index (χ1v) is 10.4. The summed E-state index contributed by atoms with van der Waals surface area (Å²) in [7, 11) is 0. The normalized spacial score (nSPS) is 18.1. The van der Waals surface area contributed by atoms with Crippen LogP contribution in [-0.2, 0) is 16.6 Å². The Morgan fingerprint density at radius 3 is 2.39 bits per heavy atom. The minimum atomic E-state index is -0.605. The van der Waals surface area contributed by atoms with Crippen molar-refractivity contribution in [1.29, 1.82) is 0 Å². The Morgan fingerprint density at radius 1 is 0.857 bits per heavy atom. The van der Waals surface area contributed by atoms with Gasteiger partial charge in [0, 0.05) is 12.4 Å². The van der Waals surface area contributed by atoms with Gasteiger partial charge < -0.3 is 4.79 Å². The Kier molecular flexibility index (Phi) is 4.35. The molecule has 0 bridgehead atoms. The van der Waals surface area contributed by atoms with Crippen molar-refractivity contribution in [2.75, 3.05) is 0 Å². The SMILES string of the molecule is O=CC(c1ccncc1)(c1cccc2c1-c1ccccc1C2)C1CCCCC1. The number of rotatable bonds is 4. The van der Waals surface area contributed by atoms with Crippen LogP contribution in [0.4, 0.5) is 0 Å². The fourth-order valence-electron chi connectivity index (χ4n) is 5.56. The molecule has 2 aromatic carbocycles. The second-order valence-electron chi connectivity index (χ2n) is 8.23. The van der Waals surface area contributed by atoms with Gasteiger partial charge in [0.25, 0.3) is 0 Å². The predicted molar refractivity (Wildman–Crippen MR) is 112 cm³/mol. The highest BCUT2D eigenvalue weighted by Crippen LogP contribution is 2.50. The zero-order chi connectivity index (χ0) is 19.0.